The van der Waals surface area contributed by atoms with Gasteiger partial charge in [0, 0.05) is 11.1 Å². The van der Waals surface area contributed by atoms with E-state index < -0.39 is 15.9 Å². The highest BCUT2D eigenvalue weighted by Crippen LogP contribution is 2.22. The molecule has 6 heteroatoms. The quantitative estimate of drug-likeness (QED) is 0.685. The maximum absolute atomic E-state index is 12.3. The van der Waals surface area contributed by atoms with Crippen LogP contribution in [0.1, 0.15) is 16.7 Å². The fourth-order valence-electron chi connectivity index (χ4n) is 2.97. The van der Waals surface area contributed by atoms with Crippen LogP contribution in [0.3, 0.4) is 0 Å². The van der Waals surface area contributed by atoms with Gasteiger partial charge in [0.15, 0.2) is 0 Å². The minimum absolute atomic E-state index is 0.152. The van der Waals surface area contributed by atoms with Crippen molar-refractivity contribution in [3.63, 3.8) is 0 Å². The zero-order valence-corrected chi connectivity index (χ0v) is 16.1. The molecule has 2 N–H and O–H groups in total. The van der Waals surface area contributed by atoms with Crippen molar-refractivity contribution in [2.45, 2.75) is 19.6 Å². The lowest BCUT2D eigenvalue weighted by Crippen LogP contribution is -2.33. The van der Waals surface area contributed by atoms with Crippen LogP contribution in [-0.4, -0.2) is 20.9 Å². The molecule has 140 valence electrons. The Hall–Kier alpha value is -2.70. The van der Waals surface area contributed by atoms with Gasteiger partial charge in [-0.25, -0.2) is 13.1 Å². The molecule has 3 aromatic rings. The van der Waals surface area contributed by atoms with Crippen molar-refractivity contribution >= 4 is 32.4 Å². The first-order valence-electron chi connectivity index (χ1n) is 8.65. The van der Waals surface area contributed by atoms with Crippen LogP contribution in [0.25, 0.3) is 10.8 Å². The molecule has 0 spiro atoms. The molecule has 0 radical (unpaired) electrons. The van der Waals surface area contributed by atoms with Crippen LogP contribution in [-0.2, 0) is 20.6 Å². The van der Waals surface area contributed by atoms with E-state index in [-0.39, 0.29) is 12.3 Å². The maximum Gasteiger partial charge on any atom is 0.239 e. The number of rotatable bonds is 6. The Labute approximate surface area is 159 Å². The number of amides is 1. The average Bonchev–Trinajstić information content (AvgIpc) is 2.63. The summed E-state index contributed by atoms with van der Waals surface area (Å²) < 4.78 is 27.0. The van der Waals surface area contributed by atoms with E-state index in [9.17, 15) is 13.2 Å². The van der Waals surface area contributed by atoms with Crippen molar-refractivity contribution in [2.24, 2.45) is 0 Å². The van der Waals surface area contributed by atoms with Gasteiger partial charge in [-0.3, -0.25) is 4.79 Å². The van der Waals surface area contributed by atoms with Crippen molar-refractivity contribution in [1.82, 2.24) is 4.72 Å². The lowest BCUT2D eigenvalue weighted by Gasteiger charge is -2.11. The number of aryl methyl sites for hydroxylation is 2. The summed E-state index contributed by atoms with van der Waals surface area (Å²) in [5.74, 6) is -0.559. The van der Waals surface area contributed by atoms with E-state index in [1.807, 2.05) is 62.4 Å². The number of benzene rings is 3. The van der Waals surface area contributed by atoms with Gasteiger partial charge in [0.05, 0.1) is 12.3 Å². The number of anilines is 1. The number of hydrogen-bond donors (Lipinski definition) is 2. The third kappa shape index (κ3) is 4.93. The zero-order valence-electron chi connectivity index (χ0n) is 15.3. The predicted octanol–water partition coefficient (Wildman–Crippen LogP) is 3.51. The second-order valence-corrected chi connectivity index (χ2v) is 8.39. The number of nitrogens with one attached hydrogen (secondary N) is 2. The van der Waals surface area contributed by atoms with Gasteiger partial charge < -0.3 is 5.32 Å². The summed E-state index contributed by atoms with van der Waals surface area (Å²) in [4.78, 5) is 12.2. The topological polar surface area (TPSA) is 75.3 Å². The van der Waals surface area contributed by atoms with Crippen LogP contribution in [0.2, 0.25) is 0 Å². The van der Waals surface area contributed by atoms with Gasteiger partial charge in [-0.15, -0.1) is 0 Å². The SMILES string of the molecule is Cc1ccc(CS(=O)(=O)NCC(=O)Nc2cccc3ccccc23)c(C)c1. The molecule has 0 saturated carbocycles. The molecule has 3 aromatic carbocycles. The first-order valence-corrected chi connectivity index (χ1v) is 10.3. The van der Waals surface area contributed by atoms with E-state index >= 15 is 0 Å². The molecule has 0 aliphatic rings. The molecule has 0 atom stereocenters. The van der Waals surface area contributed by atoms with Gasteiger partial charge in [0.2, 0.25) is 15.9 Å². The Morgan fingerprint density at radius 2 is 1.70 bits per heavy atom. The number of fused-ring (bicyclic) bond motifs is 1. The predicted molar refractivity (Wildman–Crippen MR) is 109 cm³/mol. The van der Waals surface area contributed by atoms with Gasteiger partial charge in [0.25, 0.3) is 0 Å². The summed E-state index contributed by atoms with van der Waals surface area (Å²) in [6.07, 6.45) is 0. The molecular formula is C21H22N2O3S. The molecule has 0 aliphatic carbocycles. The van der Waals surface area contributed by atoms with E-state index in [0.717, 1.165) is 27.5 Å². The summed E-state index contributed by atoms with van der Waals surface area (Å²) in [7, 11) is -3.61. The van der Waals surface area contributed by atoms with Gasteiger partial charge in [0.1, 0.15) is 0 Å². The van der Waals surface area contributed by atoms with Crippen molar-refractivity contribution in [3.05, 3.63) is 77.4 Å². The fraction of sp³-hybridized carbons (Fsp3) is 0.190. The van der Waals surface area contributed by atoms with Crippen LogP contribution in [0, 0.1) is 13.8 Å². The minimum atomic E-state index is -3.61. The van der Waals surface area contributed by atoms with Crippen LogP contribution in [0.15, 0.2) is 60.7 Å². The Bertz CT molecular complexity index is 1090. The molecule has 5 nitrogen and oxygen atoms in total. The van der Waals surface area contributed by atoms with E-state index in [4.69, 9.17) is 0 Å². The highest BCUT2D eigenvalue weighted by Gasteiger charge is 2.15. The number of sulfonamides is 1. The molecule has 3 rings (SSSR count). The molecule has 1 amide bonds. The van der Waals surface area contributed by atoms with Gasteiger partial charge in [-0.05, 0) is 36.4 Å². The standard InChI is InChI=1S/C21H22N2O3S/c1-15-10-11-18(16(2)12-15)14-27(25,26)22-13-21(24)23-20-9-5-7-17-6-3-4-8-19(17)20/h3-12,22H,13-14H2,1-2H3,(H,23,24). The Morgan fingerprint density at radius 1 is 0.963 bits per heavy atom. The van der Waals surface area contributed by atoms with Crippen LogP contribution < -0.4 is 10.0 Å². The summed E-state index contributed by atoms with van der Waals surface area (Å²) in [5, 5.41) is 4.69. The summed E-state index contributed by atoms with van der Waals surface area (Å²) in [6.45, 7) is 3.53. The Balaban J connectivity index is 1.64. The molecular weight excluding hydrogens is 360 g/mol. The molecule has 0 bridgehead atoms. The van der Waals surface area contributed by atoms with Crippen molar-refractivity contribution < 1.29 is 13.2 Å². The molecule has 0 aliphatic heterocycles. The van der Waals surface area contributed by atoms with E-state index in [1.165, 1.54) is 0 Å². The van der Waals surface area contributed by atoms with Gasteiger partial charge >= 0.3 is 0 Å². The van der Waals surface area contributed by atoms with E-state index in [0.29, 0.717) is 5.69 Å². The van der Waals surface area contributed by atoms with Crippen molar-refractivity contribution in [3.8, 4) is 0 Å². The smallest absolute Gasteiger partial charge is 0.239 e. The second-order valence-electron chi connectivity index (χ2n) is 6.59. The normalized spacial score (nSPS) is 11.5. The number of carbonyl (C=O) groups excluding carboxylic acids is 1. The van der Waals surface area contributed by atoms with E-state index in [1.54, 1.807) is 12.1 Å². The van der Waals surface area contributed by atoms with E-state index in [2.05, 4.69) is 10.0 Å². The minimum Gasteiger partial charge on any atom is -0.324 e. The molecule has 0 unspecified atom stereocenters. The first-order chi connectivity index (χ1) is 12.8. The average molecular weight is 382 g/mol. The molecule has 0 heterocycles. The number of carbonyl (C=O) groups is 1. The summed E-state index contributed by atoms with van der Waals surface area (Å²) in [5.41, 5.74) is 3.38. The molecule has 0 saturated heterocycles. The Morgan fingerprint density at radius 3 is 2.48 bits per heavy atom. The lowest BCUT2D eigenvalue weighted by atomic mass is 10.1. The highest BCUT2D eigenvalue weighted by atomic mass is 32.2. The van der Waals surface area contributed by atoms with Gasteiger partial charge in [-0.1, -0.05) is 60.2 Å². The summed E-state index contributed by atoms with van der Waals surface area (Å²) >= 11 is 0. The fourth-order valence-corrected chi connectivity index (χ4v) is 4.15. The third-order valence-corrected chi connectivity index (χ3v) is 5.64. The maximum atomic E-state index is 12.3. The molecule has 27 heavy (non-hydrogen) atoms. The first kappa shape index (κ1) is 19.1. The van der Waals surface area contributed by atoms with Crippen molar-refractivity contribution in [2.75, 3.05) is 11.9 Å². The van der Waals surface area contributed by atoms with Crippen LogP contribution in [0.4, 0.5) is 5.69 Å². The highest BCUT2D eigenvalue weighted by molar-refractivity contribution is 7.88. The second kappa shape index (κ2) is 7.90. The lowest BCUT2D eigenvalue weighted by molar-refractivity contribution is -0.115. The third-order valence-electron chi connectivity index (χ3n) is 4.36. The van der Waals surface area contributed by atoms with Gasteiger partial charge in [-0.2, -0.15) is 0 Å². The zero-order chi connectivity index (χ0) is 19.4. The van der Waals surface area contributed by atoms with Crippen LogP contribution in [0.5, 0.6) is 0 Å². The summed E-state index contributed by atoms with van der Waals surface area (Å²) in [6, 6.07) is 18.9. The molecule has 0 fully saturated rings. The van der Waals surface area contributed by atoms with Crippen molar-refractivity contribution in [1.29, 1.82) is 0 Å². The van der Waals surface area contributed by atoms with Crippen LogP contribution >= 0.6 is 0 Å². The largest absolute Gasteiger partial charge is 0.324 e. The Kier molecular flexibility index (Phi) is 5.58. The number of hydrogen-bond acceptors (Lipinski definition) is 3. The molecule has 0 aromatic heterocycles. The monoisotopic (exact) mass is 382 g/mol.